The zero-order valence-corrected chi connectivity index (χ0v) is 10.5. The highest BCUT2D eigenvalue weighted by molar-refractivity contribution is 5.68. The number of aryl methyl sites for hydroxylation is 2. The van der Waals surface area contributed by atoms with Crippen LogP contribution >= 0.6 is 0 Å². The minimum atomic E-state index is -0.385. The van der Waals surface area contributed by atoms with Gasteiger partial charge in [0.15, 0.2) is 6.54 Å². The van der Waals surface area contributed by atoms with E-state index in [1.807, 2.05) is 14.0 Å². The maximum absolute atomic E-state index is 11.3. The molecule has 0 saturated carbocycles. The highest BCUT2D eigenvalue weighted by Crippen LogP contribution is 2.16. The number of hydrogen-bond donors (Lipinski definition) is 0. The number of nitrogens with zero attached hydrogens (tertiary/aromatic N) is 6. The van der Waals surface area contributed by atoms with Gasteiger partial charge in [0.1, 0.15) is 0 Å². The fraction of sp³-hybridized carbons (Fsp3) is 0.500. The average molecular weight is 250 g/mol. The Labute approximate surface area is 104 Å². The van der Waals surface area contributed by atoms with Gasteiger partial charge in [-0.05, 0) is 19.1 Å². The van der Waals surface area contributed by atoms with Crippen LogP contribution in [-0.2, 0) is 23.1 Å². The van der Waals surface area contributed by atoms with E-state index in [1.165, 1.54) is 4.80 Å². The van der Waals surface area contributed by atoms with Gasteiger partial charge in [0, 0.05) is 13.2 Å². The first-order valence-corrected chi connectivity index (χ1v) is 5.54. The van der Waals surface area contributed by atoms with Crippen LogP contribution in [0.25, 0.3) is 11.4 Å². The maximum atomic E-state index is 11.3. The van der Waals surface area contributed by atoms with Gasteiger partial charge in [0.05, 0.1) is 17.9 Å². The fourth-order valence-electron chi connectivity index (χ4n) is 1.56. The van der Waals surface area contributed by atoms with Gasteiger partial charge in [0.25, 0.3) is 0 Å². The van der Waals surface area contributed by atoms with Crippen LogP contribution in [0.3, 0.4) is 0 Å². The Hall–Kier alpha value is -2.25. The molecule has 0 unspecified atom stereocenters. The number of ether oxygens (including phenoxy) is 1. The summed E-state index contributed by atoms with van der Waals surface area (Å²) in [4.78, 5) is 12.5. The lowest BCUT2D eigenvalue weighted by molar-refractivity contribution is -0.144. The second-order valence-corrected chi connectivity index (χ2v) is 3.75. The monoisotopic (exact) mass is 250 g/mol. The van der Waals surface area contributed by atoms with E-state index in [-0.39, 0.29) is 12.5 Å². The van der Waals surface area contributed by atoms with Gasteiger partial charge in [0.2, 0.25) is 5.82 Å². The molecule has 0 amide bonds. The van der Waals surface area contributed by atoms with E-state index in [4.69, 9.17) is 4.74 Å². The molecule has 2 aromatic rings. The van der Waals surface area contributed by atoms with E-state index >= 15 is 0 Å². The van der Waals surface area contributed by atoms with Gasteiger partial charge < -0.3 is 4.74 Å². The van der Waals surface area contributed by atoms with Crippen LogP contribution in [0.5, 0.6) is 0 Å². The largest absolute Gasteiger partial charge is 0.465 e. The number of carbonyl (C=O) groups excluding carboxylic acids is 1. The Bertz CT molecular complexity index is 558. The van der Waals surface area contributed by atoms with Crippen LogP contribution < -0.4 is 0 Å². The van der Waals surface area contributed by atoms with Crippen LogP contribution in [0.4, 0.5) is 0 Å². The number of hydrogen-bond acceptors (Lipinski definition) is 6. The van der Waals surface area contributed by atoms with Crippen molar-refractivity contribution in [1.29, 1.82) is 0 Å². The highest BCUT2D eigenvalue weighted by atomic mass is 16.5. The van der Waals surface area contributed by atoms with Crippen molar-refractivity contribution in [2.24, 2.45) is 7.05 Å². The van der Waals surface area contributed by atoms with Gasteiger partial charge in [-0.2, -0.15) is 9.90 Å². The van der Waals surface area contributed by atoms with E-state index in [2.05, 4.69) is 20.5 Å². The van der Waals surface area contributed by atoms with Crippen molar-refractivity contribution >= 4 is 5.97 Å². The highest BCUT2D eigenvalue weighted by Gasteiger charge is 2.13. The first kappa shape index (κ1) is 12.2. The standard InChI is InChI=1S/C10H14N6O2/c1-4-18-9(17)6-16-13-10(11-14-16)8-5-15(3)12-7(8)2/h5H,4,6H2,1-3H3. The molecule has 2 rings (SSSR count). The number of tetrazole rings is 1. The smallest absolute Gasteiger partial charge is 0.329 e. The molecule has 8 heteroatoms. The Morgan fingerprint density at radius 2 is 2.22 bits per heavy atom. The van der Waals surface area contributed by atoms with Crippen LogP contribution in [0.1, 0.15) is 12.6 Å². The number of aromatic nitrogens is 6. The number of esters is 1. The lowest BCUT2D eigenvalue weighted by Crippen LogP contribution is -2.15. The van der Waals surface area contributed by atoms with E-state index in [1.54, 1.807) is 17.8 Å². The molecule has 0 fully saturated rings. The Morgan fingerprint density at radius 3 is 2.83 bits per heavy atom. The molecule has 0 radical (unpaired) electrons. The molecular weight excluding hydrogens is 236 g/mol. The van der Waals surface area contributed by atoms with Crippen molar-refractivity contribution in [3.63, 3.8) is 0 Å². The maximum Gasteiger partial charge on any atom is 0.329 e. The quantitative estimate of drug-likeness (QED) is 0.707. The van der Waals surface area contributed by atoms with Gasteiger partial charge in [-0.3, -0.25) is 4.68 Å². The van der Waals surface area contributed by atoms with Gasteiger partial charge in [-0.25, -0.2) is 4.79 Å². The zero-order chi connectivity index (χ0) is 13.1. The van der Waals surface area contributed by atoms with E-state index < -0.39 is 0 Å². The minimum Gasteiger partial charge on any atom is -0.465 e. The molecule has 18 heavy (non-hydrogen) atoms. The third-order valence-corrected chi connectivity index (χ3v) is 2.28. The summed E-state index contributed by atoms with van der Waals surface area (Å²) in [5.41, 5.74) is 1.61. The van der Waals surface area contributed by atoms with E-state index in [0.29, 0.717) is 12.4 Å². The lowest BCUT2D eigenvalue weighted by Gasteiger charge is -1.98. The Morgan fingerprint density at radius 1 is 1.44 bits per heavy atom. The molecule has 0 bridgehead atoms. The van der Waals surface area contributed by atoms with Crippen LogP contribution in [0.15, 0.2) is 6.20 Å². The molecule has 0 spiro atoms. The summed E-state index contributed by atoms with van der Waals surface area (Å²) < 4.78 is 6.48. The molecule has 0 atom stereocenters. The molecule has 0 aliphatic heterocycles. The van der Waals surface area contributed by atoms with Crippen molar-refractivity contribution in [3.05, 3.63) is 11.9 Å². The second kappa shape index (κ2) is 4.94. The predicted octanol–water partition coefficient (Wildman–Crippen LogP) is -0.0549. The summed E-state index contributed by atoms with van der Waals surface area (Å²) in [6, 6.07) is 0. The third-order valence-electron chi connectivity index (χ3n) is 2.28. The first-order valence-electron chi connectivity index (χ1n) is 5.54. The lowest BCUT2D eigenvalue weighted by atomic mass is 10.2. The molecule has 8 nitrogen and oxygen atoms in total. The Balaban J connectivity index is 2.15. The summed E-state index contributed by atoms with van der Waals surface area (Å²) in [6.07, 6.45) is 1.81. The minimum absolute atomic E-state index is 0.0415. The van der Waals surface area contributed by atoms with Crippen molar-refractivity contribution in [2.75, 3.05) is 6.61 Å². The predicted molar refractivity (Wildman–Crippen MR) is 61.4 cm³/mol. The van der Waals surface area contributed by atoms with Crippen molar-refractivity contribution in [3.8, 4) is 11.4 Å². The molecule has 0 aliphatic rings. The van der Waals surface area contributed by atoms with E-state index in [0.717, 1.165) is 11.3 Å². The summed E-state index contributed by atoms with van der Waals surface area (Å²) in [6.45, 7) is 3.90. The summed E-state index contributed by atoms with van der Waals surface area (Å²) in [5, 5.41) is 16.0. The molecule has 0 aliphatic carbocycles. The molecule has 0 saturated heterocycles. The normalized spacial score (nSPS) is 10.6. The Kier molecular flexibility index (Phi) is 3.35. The summed E-state index contributed by atoms with van der Waals surface area (Å²) in [7, 11) is 1.82. The number of rotatable bonds is 4. The zero-order valence-electron chi connectivity index (χ0n) is 10.5. The summed E-state index contributed by atoms with van der Waals surface area (Å²) in [5.74, 6) is 0.0641. The average Bonchev–Trinajstić information content (AvgIpc) is 2.85. The fourth-order valence-corrected chi connectivity index (χ4v) is 1.56. The van der Waals surface area contributed by atoms with Crippen molar-refractivity contribution in [2.45, 2.75) is 20.4 Å². The van der Waals surface area contributed by atoms with Crippen LogP contribution in [0.2, 0.25) is 0 Å². The number of carbonyl (C=O) groups is 1. The summed E-state index contributed by atoms with van der Waals surface area (Å²) >= 11 is 0. The van der Waals surface area contributed by atoms with Gasteiger partial charge in [-0.15, -0.1) is 10.2 Å². The van der Waals surface area contributed by atoms with Crippen molar-refractivity contribution in [1.82, 2.24) is 30.0 Å². The molecule has 0 aromatic carbocycles. The van der Waals surface area contributed by atoms with Crippen LogP contribution in [-0.4, -0.2) is 42.6 Å². The molecule has 2 aromatic heterocycles. The van der Waals surface area contributed by atoms with Gasteiger partial charge >= 0.3 is 5.97 Å². The van der Waals surface area contributed by atoms with Crippen LogP contribution in [0, 0.1) is 6.92 Å². The second-order valence-electron chi connectivity index (χ2n) is 3.75. The molecule has 0 N–H and O–H groups in total. The first-order chi connectivity index (χ1) is 8.60. The molecule has 2 heterocycles. The van der Waals surface area contributed by atoms with E-state index in [9.17, 15) is 4.79 Å². The molecule has 96 valence electrons. The van der Waals surface area contributed by atoms with Crippen molar-refractivity contribution < 1.29 is 9.53 Å². The molecular formula is C10H14N6O2. The SMILES string of the molecule is CCOC(=O)Cn1nnc(-c2cn(C)nc2C)n1. The third kappa shape index (κ3) is 2.53. The van der Waals surface area contributed by atoms with Gasteiger partial charge in [-0.1, -0.05) is 0 Å². The topological polar surface area (TPSA) is 87.7 Å².